The SMILES string of the molecule is N#Cc1ccccc1NC(=O)COC(=O)c1ccccc1Cl. The van der Waals surface area contributed by atoms with Crippen molar-refractivity contribution in [2.45, 2.75) is 0 Å². The van der Waals surface area contributed by atoms with E-state index in [0.29, 0.717) is 11.3 Å². The van der Waals surface area contributed by atoms with Crippen LogP contribution in [0.5, 0.6) is 0 Å². The van der Waals surface area contributed by atoms with E-state index in [4.69, 9.17) is 21.6 Å². The van der Waals surface area contributed by atoms with E-state index in [-0.39, 0.29) is 10.6 Å². The Balaban J connectivity index is 1.95. The molecule has 0 aromatic heterocycles. The first kappa shape index (κ1) is 15.5. The fourth-order valence-corrected chi connectivity index (χ4v) is 1.92. The van der Waals surface area contributed by atoms with Crippen molar-refractivity contribution >= 4 is 29.2 Å². The van der Waals surface area contributed by atoms with Crippen molar-refractivity contribution in [2.75, 3.05) is 11.9 Å². The molecule has 2 aromatic carbocycles. The molecule has 0 saturated heterocycles. The molecule has 0 spiro atoms. The number of hydrogen-bond donors (Lipinski definition) is 1. The molecular formula is C16H11ClN2O3. The van der Waals surface area contributed by atoms with Gasteiger partial charge >= 0.3 is 5.97 Å². The highest BCUT2D eigenvalue weighted by Crippen LogP contribution is 2.16. The first-order chi connectivity index (χ1) is 10.6. The van der Waals surface area contributed by atoms with Gasteiger partial charge in [0.1, 0.15) is 6.07 Å². The fraction of sp³-hybridized carbons (Fsp3) is 0.0625. The van der Waals surface area contributed by atoms with Crippen LogP contribution in [0.3, 0.4) is 0 Å². The van der Waals surface area contributed by atoms with Crippen molar-refractivity contribution in [2.24, 2.45) is 0 Å². The molecule has 0 heterocycles. The molecular weight excluding hydrogens is 304 g/mol. The Morgan fingerprint density at radius 2 is 1.82 bits per heavy atom. The average Bonchev–Trinajstić information content (AvgIpc) is 2.53. The number of anilines is 1. The molecule has 0 saturated carbocycles. The second-order valence-electron chi connectivity index (χ2n) is 4.26. The van der Waals surface area contributed by atoms with Gasteiger partial charge in [0.15, 0.2) is 6.61 Å². The highest BCUT2D eigenvalue weighted by atomic mass is 35.5. The predicted octanol–water partition coefficient (Wildman–Crippen LogP) is 3.01. The zero-order valence-corrected chi connectivity index (χ0v) is 12.1. The summed E-state index contributed by atoms with van der Waals surface area (Å²) in [5, 5.41) is 11.7. The maximum atomic E-state index is 11.8. The largest absolute Gasteiger partial charge is 0.452 e. The Hall–Kier alpha value is -2.84. The van der Waals surface area contributed by atoms with E-state index in [1.54, 1.807) is 42.5 Å². The minimum absolute atomic E-state index is 0.189. The van der Waals surface area contributed by atoms with Gasteiger partial charge in [0.2, 0.25) is 0 Å². The Morgan fingerprint density at radius 1 is 1.14 bits per heavy atom. The van der Waals surface area contributed by atoms with Crippen LogP contribution in [0.15, 0.2) is 48.5 Å². The van der Waals surface area contributed by atoms with Crippen molar-refractivity contribution in [3.8, 4) is 6.07 Å². The van der Waals surface area contributed by atoms with Crippen LogP contribution in [-0.2, 0) is 9.53 Å². The molecule has 0 fully saturated rings. The molecule has 0 aliphatic rings. The number of nitrogens with one attached hydrogen (secondary N) is 1. The lowest BCUT2D eigenvalue weighted by atomic mass is 10.2. The first-order valence-corrected chi connectivity index (χ1v) is 6.70. The molecule has 6 heteroatoms. The lowest BCUT2D eigenvalue weighted by Crippen LogP contribution is -2.21. The zero-order chi connectivity index (χ0) is 15.9. The minimum Gasteiger partial charge on any atom is -0.452 e. The maximum absolute atomic E-state index is 11.8. The van der Waals surface area contributed by atoms with Crippen LogP contribution in [0.25, 0.3) is 0 Å². The summed E-state index contributed by atoms with van der Waals surface area (Å²) in [6.45, 7) is -0.468. The van der Waals surface area contributed by atoms with Crippen LogP contribution in [0, 0.1) is 11.3 Å². The number of rotatable bonds is 4. The first-order valence-electron chi connectivity index (χ1n) is 6.32. The Morgan fingerprint density at radius 3 is 2.55 bits per heavy atom. The van der Waals surface area contributed by atoms with Crippen molar-refractivity contribution in [1.82, 2.24) is 0 Å². The molecule has 110 valence electrons. The van der Waals surface area contributed by atoms with Crippen LogP contribution in [0.1, 0.15) is 15.9 Å². The fourth-order valence-electron chi connectivity index (χ4n) is 1.71. The number of benzene rings is 2. The van der Waals surface area contributed by atoms with Gasteiger partial charge in [-0.2, -0.15) is 5.26 Å². The summed E-state index contributed by atoms with van der Waals surface area (Å²) >= 11 is 5.87. The summed E-state index contributed by atoms with van der Waals surface area (Å²) in [5.41, 5.74) is 0.881. The Labute approximate surface area is 132 Å². The summed E-state index contributed by atoms with van der Waals surface area (Å²) in [7, 11) is 0. The molecule has 0 aliphatic carbocycles. The Kier molecular flexibility index (Phi) is 5.12. The predicted molar refractivity (Wildman–Crippen MR) is 81.5 cm³/mol. The van der Waals surface area contributed by atoms with Gasteiger partial charge in [-0.15, -0.1) is 0 Å². The molecule has 0 bridgehead atoms. The highest BCUT2D eigenvalue weighted by Gasteiger charge is 2.13. The topological polar surface area (TPSA) is 79.2 Å². The molecule has 5 nitrogen and oxygen atoms in total. The molecule has 0 aliphatic heterocycles. The number of ether oxygens (including phenoxy) is 1. The normalized spacial score (nSPS) is 9.64. The van der Waals surface area contributed by atoms with Crippen molar-refractivity contribution in [3.63, 3.8) is 0 Å². The third-order valence-corrected chi connectivity index (χ3v) is 3.08. The molecule has 0 radical (unpaired) electrons. The van der Waals surface area contributed by atoms with E-state index < -0.39 is 18.5 Å². The van der Waals surface area contributed by atoms with Crippen LogP contribution < -0.4 is 5.32 Å². The number of halogens is 1. The lowest BCUT2D eigenvalue weighted by Gasteiger charge is -2.08. The summed E-state index contributed by atoms with van der Waals surface area (Å²) in [6, 6.07) is 14.9. The maximum Gasteiger partial charge on any atom is 0.340 e. The third kappa shape index (κ3) is 3.84. The van der Waals surface area contributed by atoms with Crippen LogP contribution in [0.4, 0.5) is 5.69 Å². The third-order valence-electron chi connectivity index (χ3n) is 2.75. The van der Waals surface area contributed by atoms with E-state index in [2.05, 4.69) is 5.32 Å². The van der Waals surface area contributed by atoms with Gasteiger partial charge in [0.05, 0.1) is 21.8 Å². The Bertz CT molecular complexity index is 753. The van der Waals surface area contributed by atoms with Gasteiger partial charge in [-0.25, -0.2) is 4.79 Å². The molecule has 1 amide bonds. The molecule has 2 rings (SSSR count). The summed E-state index contributed by atoms with van der Waals surface area (Å²) in [6.07, 6.45) is 0. The van der Waals surface area contributed by atoms with Crippen LogP contribution in [0.2, 0.25) is 5.02 Å². The van der Waals surface area contributed by atoms with E-state index in [1.165, 1.54) is 6.07 Å². The van der Waals surface area contributed by atoms with Gasteiger partial charge in [-0.05, 0) is 24.3 Å². The molecule has 0 atom stereocenters. The van der Waals surface area contributed by atoms with Gasteiger partial charge in [-0.3, -0.25) is 4.79 Å². The van der Waals surface area contributed by atoms with Crippen molar-refractivity contribution in [1.29, 1.82) is 5.26 Å². The minimum atomic E-state index is -0.686. The van der Waals surface area contributed by atoms with Crippen LogP contribution in [-0.4, -0.2) is 18.5 Å². The smallest absolute Gasteiger partial charge is 0.340 e. The standard InChI is InChI=1S/C16H11ClN2O3/c17-13-7-3-2-6-12(13)16(21)22-10-15(20)19-14-8-4-1-5-11(14)9-18/h1-8H,10H2,(H,19,20). The van der Waals surface area contributed by atoms with E-state index in [1.807, 2.05) is 6.07 Å². The lowest BCUT2D eigenvalue weighted by molar-refractivity contribution is -0.119. The number of esters is 1. The number of amides is 1. The molecule has 2 aromatic rings. The second-order valence-corrected chi connectivity index (χ2v) is 4.67. The number of carbonyl (C=O) groups excluding carboxylic acids is 2. The summed E-state index contributed by atoms with van der Waals surface area (Å²) in [5.74, 6) is -1.22. The number of hydrogen-bond acceptors (Lipinski definition) is 4. The number of nitriles is 1. The quantitative estimate of drug-likeness (QED) is 0.880. The van der Waals surface area contributed by atoms with Gasteiger partial charge in [0.25, 0.3) is 5.91 Å². The highest BCUT2D eigenvalue weighted by molar-refractivity contribution is 6.33. The van der Waals surface area contributed by atoms with Crippen molar-refractivity contribution < 1.29 is 14.3 Å². The number of nitrogens with zero attached hydrogens (tertiary/aromatic N) is 1. The van der Waals surface area contributed by atoms with Gasteiger partial charge < -0.3 is 10.1 Å². The number of para-hydroxylation sites is 1. The zero-order valence-electron chi connectivity index (χ0n) is 11.4. The summed E-state index contributed by atoms with van der Waals surface area (Å²) in [4.78, 5) is 23.6. The monoisotopic (exact) mass is 314 g/mol. The molecule has 22 heavy (non-hydrogen) atoms. The molecule has 0 unspecified atom stereocenters. The van der Waals surface area contributed by atoms with Crippen LogP contribution >= 0.6 is 11.6 Å². The average molecular weight is 315 g/mol. The number of carbonyl (C=O) groups is 2. The van der Waals surface area contributed by atoms with Gasteiger partial charge in [-0.1, -0.05) is 35.9 Å². The van der Waals surface area contributed by atoms with E-state index in [9.17, 15) is 9.59 Å². The van der Waals surface area contributed by atoms with E-state index >= 15 is 0 Å². The van der Waals surface area contributed by atoms with E-state index in [0.717, 1.165) is 0 Å². The summed E-state index contributed by atoms with van der Waals surface area (Å²) < 4.78 is 4.90. The second kappa shape index (κ2) is 7.25. The molecule has 1 N–H and O–H groups in total. The van der Waals surface area contributed by atoms with Crippen molar-refractivity contribution in [3.05, 3.63) is 64.7 Å². The van der Waals surface area contributed by atoms with Gasteiger partial charge in [0, 0.05) is 0 Å².